The Morgan fingerprint density at radius 3 is 2.35 bits per heavy atom. The van der Waals surface area contributed by atoms with Gasteiger partial charge in [-0.25, -0.2) is 24.4 Å². The van der Waals surface area contributed by atoms with Crippen molar-refractivity contribution in [1.82, 2.24) is 60.0 Å². The van der Waals surface area contributed by atoms with Crippen molar-refractivity contribution in [3.63, 3.8) is 0 Å². The summed E-state index contributed by atoms with van der Waals surface area (Å²) in [6.45, 7) is 16.6. The summed E-state index contributed by atoms with van der Waals surface area (Å²) in [4.78, 5) is 101. The number of nitrogen functional groups attached to an aromatic ring is 2. The number of nitrogens with zero attached hydrogens (tertiary/aromatic N) is 12. The molecule has 5 atom stereocenters. The molecule has 7 aromatic rings. The Morgan fingerprint density at radius 2 is 1.62 bits per heavy atom. The highest BCUT2D eigenvalue weighted by Gasteiger charge is 2.60. The molecule has 3 aromatic carbocycles. The summed E-state index contributed by atoms with van der Waals surface area (Å²) >= 11 is 0. The number of carboxylic acid groups (broad SMARTS) is 1. The highest BCUT2D eigenvalue weighted by Crippen LogP contribution is 2.49. The molecule has 35 heteroatoms. The van der Waals surface area contributed by atoms with Crippen LogP contribution < -0.4 is 43.1 Å². The van der Waals surface area contributed by atoms with Crippen LogP contribution in [0.25, 0.3) is 11.2 Å². The number of aliphatic hydroxyl groups excluding tert-OH is 1. The third-order valence-electron chi connectivity index (χ3n) is 19.4. The number of aryl methyl sites for hydroxylation is 1. The third-order valence-corrected chi connectivity index (χ3v) is 21.7. The van der Waals surface area contributed by atoms with Gasteiger partial charge >= 0.3 is 23.9 Å². The minimum absolute atomic E-state index is 0.0193. The van der Waals surface area contributed by atoms with Gasteiger partial charge in [0.15, 0.2) is 23.0 Å². The molecule has 0 spiro atoms. The van der Waals surface area contributed by atoms with Crippen molar-refractivity contribution in [3.8, 4) is 5.88 Å². The van der Waals surface area contributed by atoms with Crippen molar-refractivity contribution in [2.45, 2.75) is 148 Å². The van der Waals surface area contributed by atoms with Gasteiger partial charge in [0.25, 0.3) is 5.91 Å². The molecule has 3 aliphatic heterocycles. The second-order valence-corrected chi connectivity index (χ2v) is 30.2. The predicted octanol–water partition coefficient (Wildman–Crippen LogP) is 7.69. The number of amides is 3. The van der Waals surface area contributed by atoms with Crippen molar-refractivity contribution in [1.29, 1.82) is 0 Å². The van der Waals surface area contributed by atoms with Gasteiger partial charge in [-0.15, -0.1) is 5.10 Å². The molecule has 1 saturated heterocycles. The van der Waals surface area contributed by atoms with Crippen LogP contribution in [0.2, 0.25) is 0 Å². The number of carbonyl (C=O) groups excluding carboxylic acids is 5. The van der Waals surface area contributed by atoms with E-state index in [-0.39, 0.29) is 97.4 Å². The van der Waals surface area contributed by atoms with Gasteiger partial charge in [-0.2, -0.15) is 28.3 Å². The fourth-order valence-electron chi connectivity index (χ4n) is 13.8. The third kappa shape index (κ3) is 18.9. The van der Waals surface area contributed by atoms with Crippen molar-refractivity contribution < 1.29 is 76.3 Å². The number of aromatic nitrogens is 9. The summed E-state index contributed by atoms with van der Waals surface area (Å²) in [7, 11) is 2.70. The van der Waals surface area contributed by atoms with E-state index in [0.717, 1.165) is 46.2 Å². The number of likely N-dealkylation sites (N-methyl/N-ethyl adjacent to an activating group) is 2. The highest BCUT2D eigenvalue weighted by molar-refractivity contribution is 8.76. The maximum atomic E-state index is 15.0. The summed E-state index contributed by atoms with van der Waals surface area (Å²) in [6.07, 6.45) is 4.95. The van der Waals surface area contributed by atoms with E-state index >= 15 is 8.78 Å². The van der Waals surface area contributed by atoms with Crippen LogP contribution in [0, 0.1) is 0 Å². The Balaban J connectivity index is 0.713. The molecular formula is C76H89F2N17O14S2. The quantitative estimate of drug-likeness (QED) is 0.00896. The van der Waals surface area contributed by atoms with E-state index in [9.17, 15) is 44.1 Å². The first-order valence-corrected chi connectivity index (χ1v) is 38.8. The van der Waals surface area contributed by atoms with Gasteiger partial charge < -0.3 is 76.1 Å². The van der Waals surface area contributed by atoms with Crippen LogP contribution in [-0.4, -0.2) is 188 Å². The number of halogens is 2. The van der Waals surface area contributed by atoms with Gasteiger partial charge in [-0.3, -0.25) is 23.7 Å². The first kappa shape index (κ1) is 81.1. The number of allylic oxidation sites excluding steroid dienone is 6. The summed E-state index contributed by atoms with van der Waals surface area (Å²) < 4.78 is 62.8. The van der Waals surface area contributed by atoms with Crippen molar-refractivity contribution in [2.75, 3.05) is 79.2 Å². The van der Waals surface area contributed by atoms with Gasteiger partial charge in [0.1, 0.15) is 44.0 Å². The first-order valence-electron chi connectivity index (χ1n) is 36.3. The van der Waals surface area contributed by atoms with Crippen molar-refractivity contribution >= 4 is 97.3 Å². The molecule has 0 radical (unpaired) electrons. The summed E-state index contributed by atoms with van der Waals surface area (Å²) in [6, 6.07) is 22.6. The maximum Gasteiger partial charge on any atom is 0.508 e. The average Bonchev–Trinajstić information content (AvgIpc) is 1.57. The lowest BCUT2D eigenvalue weighted by molar-refractivity contribution is -0.433. The Hall–Kier alpha value is -10.9. The van der Waals surface area contributed by atoms with E-state index in [2.05, 4.69) is 151 Å². The van der Waals surface area contributed by atoms with Crippen LogP contribution in [-0.2, 0) is 63.8 Å². The fourth-order valence-corrected chi connectivity index (χ4v) is 15.5. The lowest BCUT2D eigenvalue weighted by Gasteiger charge is -2.34. The molecule has 4 aliphatic rings. The van der Waals surface area contributed by atoms with Crippen molar-refractivity contribution in [3.05, 3.63) is 183 Å². The number of alkyl halides is 2. The number of aliphatic carboxylic acids is 1. The van der Waals surface area contributed by atoms with Crippen LogP contribution in [0.5, 0.6) is 5.88 Å². The minimum Gasteiger partial charge on any atom is -0.548 e. The van der Waals surface area contributed by atoms with Gasteiger partial charge in [-0.1, -0.05) is 89.2 Å². The zero-order valence-corrected chi connectivity index (χ0v) is 64.0. The second kappa shape index (κ2) is 35.9. The Labute approximate surface area is 646 Å². The highest BCUT2D eigenvalue weighted by atomic mass is 33.1. The number of nitrogens with one attached hydrogen (secondary N) is 3. The van der Waals surface area contributed by atoms with Crippen LogP contribution in [0.15, 0.2) is 149 Å². The van der Waals surface area contributed by atoms with E-state index < -0.39 is 84.7 Å². The standard InChI is InChI=1S/C76H89F2N17O14S2/c1-8-92-55-18-13-11-16-52(55)74(4,5)58(92)27-22-46-38-51(107-43-50-42-91(90-89-50)32-15-31-81-61(96)29-26-54(68(100)101)85-66(98)45-20-24-48(25-21-45)82-40-49-41-83-65-62(84-49)67(99)88-70(80)87-65)39-47(23-28-59-75(6,7)53-17-12-14-19-56(53)93(59)9-2)63(46)94(10-3)72(103)105-34-36-110-111-37-35-106-73(104)108-44-57-64(97)76(77,78)69(109-57)95-33-30-60(79)86-71(95)102/h11-14,16-25,27-28,30,33,41-42,51,54,57,64,69,97H,8-10,15,26,29,31-32,34-40,43-44H2,1-7H3,(H8-,79,80,81,82,83,85,86,87,88,96,98,99,100,101,102)/t54?,57-,64+,69-/m1/s1. The van der Waals surface area contributed by atoms with E-state index in [1.54, 1.807) is 27.9 Å². The molecule has 9 N–H and O–H groups in total. The molecule has 7 heterocycles. The van der Waals surface area contributed by atoms with Gasteiger partial charge in [0.2, 0.25) is 29.7 Å². The number of ether oxygens (including phenoxy) is 5. The SMILES string of the molecule is CCN(C(=O)OCCSSCCOC(=O)OC[C@H]1O[C@@H](n2ccc(N)nc2=O)C(F)(F)[C@H]1O)C1=C(/C=C/C2=[N+](CC)c3ccccc3C2(C)C)CC(OCc2cn(CCCNC(=O)CCC(NC(=O)c3ccc(NCc4cnc5nc(N)nc(O)c5n4)cc3)C(=O)[O-])nn2)C/C1=C\C=C1\N(CC)c2ccccc2C1(C)C. The Morgan fingerprint density at radius 1 is 0.883 bits per heavy atom. The summed E-state index contributed by atoms with van der Waals surface area (Å²) in [5, 5.41) is 49.8. The monoisotopic (exact) mass is 1570 g/mol. The molecule has 1 fully saturated rings. The lowest BCUT2D eigenvalue weighted by atomic mass is 9.80. The van der Waals surface area contributed by atoms with Crippen LogP contribution in [0.1, 0.15) is 120 Å². The smallest absolute Gasteiger partial charge is 0.508 e. The number of benzene rings is 3. The maximum absolute atomic E-state index is 15.0. The first-order chi connectivity index (χ1) is 53.2. The zero-order chi connectivity index (χ0) is 79.3. The summed E-state index contributed by atoms with van der Waals surface area (Å²) in [5.41, 5.74) is 20.3. The Kier molecular flexibility index (Phi) is 26.2. The van der Waals surface area contributed by atoms with Crippen LogP contribution in [0.4, 0.5) is 47.2 Å². The zero-order valence-electron chi connectivity index (χ0n) is 62.3. The molecule has 11 rings (SSSR count). The normalized spacial score (nSPS) is 19.2. The number of para-hydroxylation sites is 2. The van der Waals surface area contributed by atoms with Crippen LogP contribution >= 0.6 is 21.6 Å². The molecule has 588 valence electrons. The molecular weight excluding hydrogens is 1480 g/mol. The van der Waals surface area contributed by atoms with E-state index in [1.807, 2.05) is 31.2 Å². The number of anilines is 4. The average molecular weight is 1570 g/mol. The lowest BCUT2D eigenvalue weighted by Crippen LogP contribution is -2.48. The van der Waals surface area contributed by atoms with E-state index in [1.165, 1.54) is 51.0 Å². The fraction of sp³-hybridized carbons (Fsp3) is 0.421. The minimum atomic E-state index is -3.94. The molecule has 2 unspecified atom stereocenters. The van der Waals surface area contributed by atoms with E-state index in [4.69, 9.17) is 35.2 Å². The number of aromatic hydroxyl groups is 1. The molecule has 4 aromatic heterocycles. The molecule has 111 heavy (non-hydrogen) atoms. The number of rotatable bonds is 33. The number of nitrogens with two attached hydrogens (primary N) is 2. The molecule has 0 bridgehead atoms. The molecule has 1 aliphatic carbocycles. The van der Waals surface area contributed by atoms with E-state index in [0.29, 0.717) is 72.0 Å². The number of hydrogen-bond acceptors (Lipinski definition) is 27. The van der Waals surface area contributed by atoms with Gasteiger partial charge in [-0.05, 0) is 107 Å². The molecule has 31 nitrogen and oxygen atoms in total. The topological polar surface area (TPSA) is 410 Å². The predicted molar refractivity (Wildman–Crippen MR) is 409 cm³/mol. The van der Waals surface area contributed by atoms with Gasteiger partial charge in [0, 0.05) is 109 Å². The second-order valence-electron chi connectivity index (χ2n) is 27.5. The summed E-state index contributed by atoms with van der Waals surface area (Å²) in [5.74, 6) is -6.71. The molecule has 3 amide bonds. The largest absolute Gasteiger partial charge is 0.548 e. The van der Waals surface area contributed by atoms with Crippen LogP contribution in [0.3, 0.4) is 0 Å². The van der Waals surface area contributed by atoms with Crippen molar-refractivity contribution in [2.24, 2.45) is 0 Å². The number of aliphatic hydroxyl groups is 1. The number of carbonyl (C=O) groups is 5. The Bertz CT molecular complexity index is 4820. The molecule has 0 saturated carbocycles. The number of hydrogen-bond donors (Lipinski definition) is 7. The number of carboxylic acids is 1. The number of fused-ring (bicyclic) bond motifs is 3. The van der Waals surface area contributed by atoms with Gasteiger partial charge in [0.05, 0.1) is 60.5 Å².